The van der Waals surface area contributed by atoms with Gasteiger partial charge in [0.2, 0.25) is 5.91 Å². The van der Waals surface area contributed by atoms with Crippen molar-refractivity contribution >= 4 is 35.1 Å². The molecule has 1 aromatic rings. The van der Waals surface area contributed by atoms with Crippen LogP contribution in [0.1, 0.15) is 18.4 Å². The molecule has 0 aromatic heterocycles. The highest BCUT2D eigenvalue weighted by molar-refractivity contribution is 6.36. The summed E-state index contributed by atoms with van der Waals surface area (Å²) in [6, 6.07) is 4.34. The quantitative estimate of drug-likeness (QED) is 0.850. The van der Waals surface area contributed by atoms with Gasteiger partial charge in [-0.3, -0.25) is 4.79 Å². The number of esters is 1. The number of rotatable bonds is 5. The SMILES string of the molecule is COC(=O)[C@@H](Cc1c(Cl)cccc1Cl)NC(=O)C1CC1. The molecule has 20 heavy (non-hydrogen) atoms. The number of methoxy groups -OCH3 is 1. The normalized spacial score (nSPS) is 15.6. The summed E-state index contributed by atoms with van der Waals surface area (Å²) in [7, 11) is 1.28. The van der Waals surface area contributed by atoms with Crippen LogP contribution in [0.15, 0.2) is 18.2 Å². The highest BCUT2D eigenvalue weighted by atomic mass is 35.5. The first-order valence-corrected chi connectivity index (χ1v) is 7.09. The third-order valence-electron chi connectivity index (χ3n) is 3.22. The van der Waals surface area contributed by atoms with Crippen LogP contribution in [0.5, 0.6) is 0 Å². The van der Waals surface area contributed by atoms with E-state index in [1.807, 2.05) is 0 Å². The van der Waals surface area contributed by atoms with E-state index in [4.69, 9.17) is 27.9 Å². The largest absolute Gasteiger partial charge is 0.467 e. The van der Waals surface area contributed by atoms with Crippen molar-refractivity contribution in [2.45, 2.75) is 25.3 Å². The maximum atomic E-state index is 11.8. The predicted molar refractivity (Wildman–Crippen MR) is 76.8 cm³/mol. The molecule has 0 spiro atoms. The molecule has 0 unspecified atom stereocenters. The first-order valence-electron chi connectivity index (χ1n) is 6.34. The van der Waals surface area contributed by atoms with Crippen molar-refractivity contribution in [2.75, 3.05) is 7.11 Å². The van der Waals surface area contributed by atoms with Crippen molar-refractivity contribution in [1.29, 1.82) is 0 Å². The first-order chi connectivity index (χ1) is 9.52. The molecule has 1 saturated carbocycles. The van der Waals surface area contributed by atoms with Gasteiger partial charge in [-0.2, -0.15) is 0 Å². The van der Waals surface area contributed by atoms with Gasteiger partial charge in [-0.25, -0.2) is 4.79 Å². The second-order valence-corrected chi connectivity index (χ2v) is 5.58. The average Bonchev–Trinajstić information content (AvgIpc) is 3.25. The van der Waals surface area contributed by atoms with E-state index in [-0.39, 0.29) is 18.2 Å². The zero-order valence-electron chi connectivity index (χ0n) is 11.0. The number of nitrogens with one attached hydrogen (secondary N) is 1. The number of hydrogen-bond donors (Lipinski definition) is 1. The topological polar surface area (TPSA) is 55.4 Å². The summed E-state index contributed by atoms with van der Waals surface area (Å²) in [6.45, 7) is 0. The standard InChI is InChI=1S/C14H15Cl2NO3/c1-20-14(19)12(17-13(18)8-5-6-8)7-9-10(15)3-2-4-11(9)16/h2-4,8,12H,5-7H2,1H3,(H,17,18)/t12-/m1/s1. The van der Waals surface area contributed by atoms with Gasteiger partial charge in [-0.1, -0.05) is 29.3 Å². The van der Waals surface area contributed by atoms with Crippen LogP contribution in [0.4, 0.5) is 0 Å². The van der Waals surface area contributed by atoms with Crippen molar-refractivity contribution in [2.24, 2.45) is 5.92 Å². The lowest BCUT2D eigenvalue weighted by Gasteiger charge is -2.18. The van der Waals surface area contributed by atoms with Crippen LogP contribution in [-0.2, 0) is 20.7 Å². The van der Waals surface area contributed by atoms with E-state index in [0.717, 1.165) is 12.8 Å². The Hall–Kier alpha value is -1.26. The minimum Gasteiger partial charge on any atom is -0.467 e. The van der Waals surface area contributed by atoms with Gasteiger partial charge in [0.15, 0.2) is 0 Å². The Morgan fingerprint density at radius 3 is 2.45 bits per heavy atom. The molecule has 6 heteroatoms. The molecule has 1 aliphatic carbocycles. The maximum absolute atomic E-state index is 11.8. The second-order valence-electron chi connectivity index (χ2n) is 4.76. The number of amides is 1. The van der Waals surface area contributed by atoms with Crippen molar-refractivity contribution in [3.8, 4) is 0 Å². The number of carbonyl (C=O) groups excluding carboxylic acids is 2. The summed E-state index contributed by atoms with van der Waals surface area (Å²) in [4.78, 5) is 23.6. The van der Waals surface area contributed by atoms with E-state index in [0.29, 0.717) is 15.6 Å². The number of carbonyl (C=O) groups is 2. The molecule has 0 aliphatic heterocycles. The minimum atomic E-state index is -0.773. The van der Waals surface area contributed by atoms with Crippen LogP contribution >= 0.6 is 23.2 Å². The number of halogens is 2. The Morgan fingerprint density at radius 1 is 1.35 bits per heavy atom. The van der Waals surface area contributed by atoms with Crippen molar-refractivity contribution < 1.29 is 14.3 Å². The van der Waals surface area contributed by atoms with E-state index < -0.39 is 12.0 Å². The fourth-order valence-corrected chi connectivity index (χ4v) is 2.45. The average molecular weight is 316 g/mol. The molecule has 0 saturated heterocycles. The van der Waals surface area contributed by atoms with Crippen molar-refractivity contribution in [1.82, 2.24) is 5.32 Å². The van der Waals surface area contributed by atoms with Gasteiger partial charge in [0.25, 0.3) is 0 Å². The van der Waals surface area contributed by atoms with E-state index in [9.17, 15) is 9.59 Å². The molecule has 0 heterocycles. The molecule has 1 fully saturated rings. The van der Waals surface area contributed by atoms with Gasteiger partial charge >= 0.3 is 5.97 Å². The van der Waals surface area contributed by atoms with Crippen LogP contribution in [0.2, 0.25) is 10.0 Å². The first kappa shape index (κ1) is 15.1. The van der Waals surface area contributed by atoms with Gasteiger partial charge in [-0.15, -0.1) is 0 Å². The van der Waals surface area contributed by atoms with Crippen LogP contribution in [-0.4, -0.2) is 25.0 Å². The molecule has 0 radical (unpaired) electrons. The van der Waals surface area contributed by atoms with Crippen LogP contribution < -0.4 is 5.32 Å². The highest BCUT2D eigenvalue weighted by Crippen LogP contribution is 2.30. The lowest BCUT2D eigenvalue weighted by Crippen LogP contribution is -2.43. The van der Waals surface area contributed by atoms with Crippen LogP contribution in [0.3, 0.4) is 0 Å². The highest BCUT2D eigenvalue weighted by Gasteiger charge is 2.33. The van der Waals surface area contributed by atoms with Crippen LogP contribution in [0.25, 0.3) is 0 Å². The number of ether oxygens (including phenoxy) is 1. The smallest absolute Gasteiger partial charge is 0.328 e. The molecular formula is C14H15Cl2NO3. The molecule has 1 aromatic carbocycles. The van der Waals surface area contributed by atoms with Gasteiger partial charge < -0.3 is 10.1 Å². The summed E-state index contributed by atoms with van der Waals surface area (Å²) in [5.74, 6) is -0.609. The minimum absolute atomic E-state index is 0.0175. The monoisotopic (exact) mass is 315 g/mol. The zero-order valence-corrected chi connectivity index (χ0v) is 12.5. The van der Waals surface area contributed by atoms with E-state index in [1.165, 1.54) is 7.11 Å². The lowest BCUT2D eigenvalue weighted by atomic mass is 10.1. The third-order valence-corrected chi connectivity index (χ3v) is 3.93. The molecule has 2 rings (SSSR count). The van der Waals surface area contributed by atoms with Gasteiger partial charge in [0.05, 0.1) is 7.11 Å². The van der Waals surface area contributed by atoms with Crippen LogP contribution in [0, 0.1) is 5.92 Å². The van der Waals surface area contributed by atoms with Crippen molar-refractivity contribution in [3.05, 3.63) is 33.8 Å². The Morgan fingerprint density at radius 2 is 1.95 bits per heavy atom. The third kappa shape index (κ3) is 3.64. The Bertz CT molecular complexity index is 509. The predicted octanol–water partition coefficient (Wildman–Crippen LogP) is 2.60. The molecule has 1 N–H and O–H groups in total. The molecule has 0 bridgehead atoms. The van der Waals surface area contributed by atoms with Crippen molar-refractivity contribution in [3.63, 3.8) is 0 Å². The molecule has 1 aliphatic rings. The zero-order chi connectivity index (χ0) is 14.7. The summed E-state index contributed by atoms with van der Waals surface area (Å²) in [6.07, 6.45) is 1.95. The molecule has 1 amide bonds. The second kappa shape index (κ2) is 6.46. The lowest BCUT2D eigenvalue weighted by molar-refractivity contribution is -0.145. The summed E-state index contributed by atoms with van der Waals surface area (Å²) >= 11 is 12.2. The molecular weight excluding hydrogens is 301 g/mol. The fourth-order valence-electron chi connectivity index (χ4n) is 1.90. The van der Waals surface area contributed by atoms with Gasteiger partial charge in [0.1, 0.15) is 6.04 Å². The Kier molecular flexibility index (Phi) is 4.89. The number of hydrogen-bond acceptors (Lipinski definition) is 3. The summed E-state index contributed by atoms with van der Waals surface area (Å²) < 4.78 is 4.73. The fraction of sp³-hybridized carbons (Fsp3) is 0.429. The van der Waals surface area contributed by atoms with E-state index >= 15 is 0 Å². The Labute approximate surface area is 127 Å². The number of benzene rings is 1. The summed E-state index contributed by atoms with van der Waals surface area (Å²) in [5.41, 5.74) is 0.627. The van der Waals surface area contributed by atoms with E-state index in [1.54, 1.807) is 18.2 Å². The molecule has 108 valence electrons. The van der Waals surface area contributed by atoms with E-state index in [2.05, 4.69) is 5.32 Å². The Balaban J connectivity index is 2.14. The van der Waals surface area contributed by atoms with Gasteiger partial charge in [-0.05, 0) is 30.5 Å². The maximum Gasteiger partial charge on any atom is 0.328 e. The molecule has 1 atom stereocenters. The van der Waals surface area contributed by atoms with Gasteiger partial charge in [0, 0.05) is 22.4 Å². The molecule has 4 nitrogen and oxygen atoms in total. The summed E-state index contributed by atoms with van der Waals surface area (Å²) in [5, 5.41) is 3.63.